The van der Waals surface area contributed by atoms with Gasteiger partial charge < -0.3 is 0 Å². The number of carbonyl (C=O) groups is 1. The van der Waals surface area contributed by atoms with Crippen LogP contribution in [0.2, 0.25) is 5.02 Å². The predicted octanol–water partition coefficient (Wildman–Crippen LogP) is 5.31. The predicted molar refractivity (Wildman–Crippen MR) is 96.5 cm³/mol. The van der Waals surface area contributed by atoms with E-state index in [4.69, 9.17) is 11.6 Å². The van der Waals surface area contributed by atoms with E-state index >= 15 is 0 Å². The molecule has 0 radical (unpaired) electrons. The third-order valence-corrected chi connectivity index (χ3v) is 4.86. The molecule has 1 heterocycles. The summed E-state index contributed by atoms with van der Waals surface area (Å²) in [5.74, 6) is 0.377. The van der Waals surface area contributed by atoms with Crippen LogP contribution in [0, 0.1) is 0 Å². The van der Waals surface area contributed by atoms with Crippen LogP contribution in [-0.2, 0) is 6.42 Å². The van der Waals surface area contributed by atoms with Crippen LogP contribution in [0.15, 0.2) is 66.9 Å². The number of ketones is 1. The van der Waals surface area contributed by atoms with Crippen molar-refractivity contribution < 1.29 is 4.79 Å². The van der Waals surface area contributed by atoms with Crippen molar-refractivity contribution in [2.75, 3.05) is 0 Å². The second-order valence-corrected chi connectivity index (χ2v) is 6.56. The number of carbonyl (C=O) groups excluding carboxylic acids is 1. The van der Waals surface area contributed by atoms with Gasteiger partial charge in [-0.25, -0.2) is 0 Å². The average molecular weight is 334 g/mol. The van der Waals surface area contributed by atoms with Crippen LogP contribution >= 0.6 is 11.6 Å². The lowest BCUT2D eigenvalue weighted by molar-refractivity contribution is 0.0964. The van der Waals surface area contributed by atoms with Crippen molar-refractivity contribution in [1.29, 1.82) is 0 Å². The van der Waals surface area contributed by atoms with Gasteiger partial charge in [0.1, 0.15) is 0 Å². The highest BCUT2D eigenvalue weighted by Crippen LogP contribution is 2.36. The Hall–Kier alpha value is -2.45. The number of halogens is 1. The fourth-order valence-electron chi connectivity index (χ4n) is 3.43. The minimum atomic E-state index is 0.170. The van der Waals surface area contributed by atoms with Crippen LogP contribution in [-0.4, -0.2) is 10.8 Å². The van der Waals surface area contributed by atoms with E-state index in [0.717, 1.165) is 28.8 Å². The summed E-state index contributed by atoms with van der Waals surface area (Å²) in [6.45, 7) is 0. The molecule has 3 aromatic rings. The number of fused-ring (bicyclic) bond motifs is 1. The van der Waals surface area contributed by atoms with Crippen LogP contribution in [0.25, 0.3) is 11.1 Å². The summed E-state index contributed by atoms with van der Waals surface area (Å²) >= 11 is 5.98. The first-order chi connectivity index (χ1) is 11.7. The Morgan fingerprint density at radius 3 is 2.42 bits per heavy atom. The van der Waals surface area contributed by atoms with Gasteiger partial charge in [0.2, 0.25) is 0 Å². The molecule has 0 aliphatic heterocycles. The summed E-state index contributed by atoms with van der Waals surface area (Å²) in [5, 5.41) is 0.692. The van der Waals surface area contributed by atoms with Crippen molar-refractivity contribution in [3.05, 3.63) is 88.7 Å². The quantitative estimate of drug-likeness (QED) is 0.635. The first-order valence-electron chi connectivity index (χ1n) is 8.04. The lowest BCUT2D eigenvalue weighted by Crippen LogP contribution is -2.21. The van der Waals surface area contributed by atoms with Crippen molar-refractivity contribution in [3.63, 3.8) is 0 Å². The van der Waals surface area contributed by atoms with Gasteiger partial charge in [0.15, 0.2) is 5.78 Å². The van der Waals surface area contributed by atoms with E-state index in [0.29, 0.717) is 11.4 Å². The molecule has 0 spiro atoms. The Morgan fingerprint density at radius 1 is 0.917 bits per heavy atom. The largest absolute Gasteiger partial charge is 0.294 e. The number of rotatable bonds is 2. The summed E-state index contributed by atoms with van der Waals surface area (Å²) in [6, 6.07) is 19.7. The second kappa shape index (κ2) is 6.21. The van der Waals surface area contributed by atoms with E-state index in [1.165, 1.54) is 5.56 Å². The van der Waals surface area contributed by atoms with Gasteiger partial charge in [0, 0.05) is 23.2 Å². The molecule has 1 aliphatic rings. The molecule has 0 fully saturated rings. The maximum absolute atomic E-state index is 12.9. The lowest BCUT2D eigenvalue weighted by Gasteiger charge is -2.25. The van der Waals surface area contributed by atoms with Gasteiger partial charge in [0.05, 0.1) is 5.69 Å². The topological polar surface area (TPSA) is 30.0 Å². The SMILES string of the molecule is O=C1C[C@@H](c2ccccc2)Cc2nccc(-c3ccc(Cl)cc3)c21. The smallest absolute Gasteiger partial charge is 0.165 e. The lowest BCUT2D eigenvalue weighted by atomic mass is 9.79. The number of nitrogens with zero attached hydrogens (tertiary/aromatic N) is 1. The number of Topliss-reactive ketones (excluding diaryl/α,β-unsaturated/α-hetero) is 1. The molecular weight excluding hydrogens is 318 g/mol. The number of benzene rings is 2. The number of hydrogen-bond donors (Lipinski definition) is 0. The van der Waals surface area contributed by atoms with Gasteiger partial charge >= 0.3 is 0 Å². The van der Waals surface area contributed by atoms with Gasteiger partial charge in [0.25, 0.3) is 0 Å². The Kier molecular flexibility index (Phi) is 3.91. The van der Waals surface area contributed by atoms with E-state index in [1.807, 2.05) is 48.5 Å². The molecule has 1 aliphatic carbocycles. The summed E-state index contributed by atoms with van der Waals surface area (Å²) < 4.78 is 0. The summed E-state index contributed by atoms with van der Waals surface area (Å²) in [4.78, 5) is 17.4. The molecule has 0 unspecified atom stereocenters. The van der Waals surface area contributed by atoms with E-state index in [-0.39, 0.29) is 11.7 Å². The molecule has 0 saturated heterocycles. The molecular formula is C21H16ClNO. The van der Waals surface area contributed by atoms with Crippen LogP contribution in [0.5, 0.6) is 0 Å². The maximum atomic E-state index is 12.9. The molecule has 1 aromatic heterocycles. The molecule has 4 rings (SSSR count). The summed E-state index contributed by atoms with van der Waals surface area (Å²) in [5.41, 5.74) is 4.83. The highest BCUT2D eigenvalue weighted by molar-refractivity contribution is 6.30. The first-order valence-corrected chi connectivity index (χ1v) is 8.42. The van der Waals surface area contributed by atoms with E-state index < -0.39 is 0 Å². The molecule has 118 valence electrons. The van der Waals surface area contributed by atoms with Crippen LogP contribution < -0.4 is 0 Å². The molecule has 2 aromatic carbocycles. The number of hydrogen-bond acceptors (Lipinski definition) is 2. The van der Waals surface area contributed by atoms with Gasteiger partial charge in [-0.3, -0.25) is 9.78 Å². The monoisotopic (exact) mass is 333 g/mol. The highest BCUT2D eigenvalue weighted by atomic mass is 35.5. The van der Waals surface area contributed by atoms with E-state index in [2.05, 4.69) is 17.1 Å². The molecule has 0 bridgehead atoms. The zero-order valence-corrected chi connectivity index (χ0v) is 13.8. The Bertz CT molecular complexity index is 887. The Balaban J connectivity index is 1.76. The number of aromatic nitrogens is 1. The van der Waals surface area contributed by atoms with Crippen molar-refractivity contribution in [3.8, 4) is 11.1 Å². The van der Waals surface area contributed by atoms with Crippen molar-refractivity contribution in [1.82, 2.24) is 4.98 Å². The highest BCUT2D eigenvalue weighted by Gasteiger charge is 2.29. The first kappa shape index (κ1) is 15.1. The van der Waals surface area contributed by atoms with Crippen molar-refractivity contribution in [2.45, 2.75) is 18.8 Å². The van der Waals surface area contributed by atoms with Crippen LogP contribution in [0.1, 0.15) is 34.0 Å². The average Bonchev–Trinajstić information content (AvgIpc) is 2.62. The Labute approximate surface area is 146 Å². The van der Waals surface area contributed by atoms with Crippen molar-refractivity contribution in [2.24, 2.45) is 0 Å². The van der Waals surface area contributed by atoms with Crippen molar-refractivity contribution >= 4 is 17.4 Å². The van der Waals surface area contributed by atoms with Crippen LogP contribution in [0.4, 0.5) is 0 Å². The third-order valence-electron chi connectivity index (χ3n) is 4.61. The molecule has 1 atom stereocenters. The minimum absolute atomic E-state index is 0.170. The number of pyridine rings is 1. The van der Waals surface area contributed by atoms with E-state index in [1.54, 1.807) is 6.20 Å². The van der Waals surface area contributed by atoms with Gasteiger partial charge in [-0.15, -0.1) is 0 Å². The second-order valence-electron chi connectivity index (χ2n) is 6.13. The zero-order chi connectivity index (χ0) is 16.5. The molecule has 0 amide bonds. The molecule has 2 nitrogen and oxygen atoms in total. The van der Waals surface area contributed by atoms with Gasteiger partial charge in [-0.1, -0.05) is 54.1 Å². The normalized spacial score (nSPS) is 16.7. The molecule has 0 saturated carbocycles. The maximum Gasteiger partial charge on any atom is 0.165 e. The van der Waals surface area contributed by atoms with Gasteiger partial charge in [-0.05, 0) is 47.2 Å². The standard InChI is InChI=1S/C21H16ClNO/c22-17-8-6-15(7-9-17)18-10-11-23-19-12-16(13-20(24)21(18)19)14-4-2-1-3-5-14/h1-11,16H,12-13H2/t16-/m0/s1. The van der Waals surface area contributed by atoms with Crippen LogP contribution in [0.3, 0.4) is 0 Å². The fourth-order valence-corrected chi connectivity index (χ4v) is 3.56. The molecule has 3 heteroatoms. The van der Waals surface area contributed by atoms with Gasteiger partial charge in [-0.2, -0.15) is 0 Å². The summed E-state index contributed by atoms with van der Waals surface area (Å²) in [7, 11) is 0. The fraction of sp³-hybridized carbons (Fsp3) is 0.143. The molecule has 24 heavy (non-hydrogen) atoms. The third kappa shape index (κ3) is 2.74. The minimum Gasteiger partial charge on any atom is -0.294 e. The Morgan fingerprint density at radius 2 is 1.67 bits per heavy atom. The zero-order valence-electron chi connectivity index (χ0n) is 13.1. The summed E-state index contributed by atoms with van der Waals surface area (Å²) in [6.07, 6.45) is 3.12. The van der Waals surface area contributed by atoms with E-state index in [9.17, 15) is 4.79 Å². The molecule has 0 N–H and O–H groups in total.